The Kier molecular flexibility index (Phi) is 7.85. The number of hydrogen-bond donors (Lipinski definition) is 2. The minimum absolute atomic E-state index is 0. The molecule has 1 amide bonds. The summed E-state index contributed by atoms with van der Waals surface area (Å²) < 4.78 is 28.5. The lowest BCUT2D eigenvalue weighted by molar-refractivity contribution is -0.115. The van der Waals surface area contributed by atoms with Crippen LogP contribution in [0.25, 0.3) is 0 Å². The van der Waals surface area contributed by atoms with Crippen molar-refractivity contribution in [1.29, 1.82) is 0 Å². The molecule has 0 heterocycles. The molecule has 0 aliphatic heterocycles. The minimum atomic E-state index is -3.53. The molecule has 140 valence electrons. The summed E-state index contributed by atoms with van der Waals surface area (Å²) in [5, 5.41) is 5.66. The van der Waals surface area contributed by atoms with Crippen molar-refractivity contribution in [3.8, 4) is 0 Å². The first kappa shape index (κ1) is 21.4. The Hall–Kier alpha value is -1.64. The fourth-order valence-corrected chi connectivity index (χ4v) is 2.82. The fourth-order valence-electron chi connectivity index (χ4n) is 2.13. The summed E-state index contributed by atoms with van der Waals surface area (Å²) in [4.78, 5) is 23.8. The smallest absolute Gasteiger partial charge is 0.338 e. The van der Waals surface area contributed by atoms with Crippen LogP contribution in [-0.4, -0.2) is 46.2 Å². The Labute approximate surface area is 153 Å². The first-order valence-corrected chi connectivity index (χ1v) is 9.71. The van der Waals surface area contributed by atoms with Crippen LogP contribution in [0.15, 0.2) is 23.1 Å². The molecule has 0 spiro atoms. The summed E-state index contributed by atoms with van der Waals surface area (Å²) in [6.07, 6.45) is 3.42. The molecule has 25 heavy (non-hydrogen) atoms. The lowest BCUT2D eigenvalue weighted by Gasteiger charge is -2.10. The number of anilines is 1. The van der Waals surface area contributed by atoms with Gasteiger partial charge in [-0.15, -0.1) is 12.4 Å². The van der Waals surface area contributed by atoms with Crippen LogP contribution < -0.4 is 10.6 Å². The molecule has 7 nitrogen and oxygen atoms in total. The van der Waals surface area contributed by atoms with Gasteiger partial charge in [0.15, 0.2) is 9.84 Å². The second kappa shape index (κ2) is 9.17. The largest absolute Gasteiger partial charge is 0.462 e. The molecule has 9 heteroatoms. The van der Waals surface area contributed by atoms with Gasteiger partial charge in [-0.2, -0.15) is 0 Å². The van der Waals surface area contributed by atoms with Crippen LogP contribution in [0.5, 0.6) is 0 Å². The fraction of sp³-hybridized carbons (Fsp3) is 0.500. The Bertz CT molecular complexity index is 732. The molecule has 0 aromatic heterocycles. The highest BCUT2D eigenvalue weighted by Crippen LogP contribution is 2.27. The molecule has 0 atom stereocenters. The predicted octanol–water partition coefficient (Wildman–Crippen LogP) is 1.63. The zero-order chi connectivity index (χ0) is 17.7. The highest BCUT2D eigenvalue weighted by Gasteiger charge is 2.21. The van der Waals surface area contributed by atoms with E-state index in [0.29, 0.717) is 5.92 Å². The maximum atomic E-state index is 11.9. The van der Waals surface area contributed by atoms with Crippen LogP contribution in [0.3, 0.4) is 0 Å². The number of sulfone groups is 1. The number of amides is 1. The Morgan fingerprint density at radius 2 is 1.92 bits per heavy atom. The molecule has 0 bridgehead atoms. The number of benzene rings is 1. The van der Waals surface area contributed by atoms with Crippen LogP contribution >= 0.6 is 12.4 Å². The van der Waals surface area contributed by atoms with Crippen molar-refractivity contribution in [2.75, 3.05) is 31.3 Å². The number of carbonyl (C=O) groups is 2. The van der Waals surface area contributed by atoms with E-state index < -0.39 is 15.8 Å². The van der Waals surface area contributed by atoms with E-state index in [-0.39, 0.29) is 47.6 Å². The van der Waals surface area contributed by atoms with Crippen molar-refractivity contribution >= 4 is 39.8 Å². The molecule has 0 unspecified atom stereocenters. The van der Waals surface area contributed by atoms with Crippen molar-refractivity contribution in [3.63, 3.8) is 0 Å². The molecular formula is C16H23ClN2O5S. The Morgan fingerprint density at radius 3 is 2.48 bits per heavy atom. The van der Waals surface area contributed by atoms with E-state index in [1.807, 2.05) is 0 Å². The summed E-state index contributed by atoms with van der Waals surface area (Å²) in [5.41, 5.74) is 0.334. The zero-order valence-corrected chi connectivity index (χ0v) is 15.8. The minimum Gasteiger partial charge on any atom is -0.462 e. The third-order valence-corrected chi connectivity index (χ3v) is 4.64. The summed E-state index contributed by atoms with van der Waals surface area (Å²) in [7, 11) is -3.53. The van der Waals surface area contributed by atoms with Gasteiger partial charge >= 0.3 is 5.97 Å². The van der Waals surface area contributed by atoms with Gasteiger partial charge in [-0.25, -0.2) is 13.2 Å². The summed E-state index contributed by atoms with van der Waals surface area (Å²) >= 11 is 0. The van der Waals surface area contributed by atoms with E-state index in [4.69, 9.17) is 4.74 Å². The van der Waals surface area contributed by atoms with Crippen molar-refractivity contribution in [2.45, 2.75) is 24.7 Å². The molecule has 0 radical (unpaired) electrons. The van der Waals surface area contributed by atoms with Gasteiger partial charge in [-0.05, 0) is 50.4 Å². The number of halogens is 1. The second-order valence-electron chi connectivity index (χ2n) is 5.86. The maximum Gasteiger partial charge on any atom is 0.338 e. The molecular weight excluding hydrogens is 368 g/mol. The summed E-state index contributed by atoms with van der Waals surface area (Å²) in [6.45, 7) is 2.76. The standard InChI is InChI=1S/C16H22N2O5S.ClH/c1-3-23-16(20)12-6-13(8-14(7-12)24(2,21)22)18-15(19)10-17-9-11-4-5-11;/h6-8,11,17H,3-5,9-10H2,1-2H3,(H,18,19);1H. The number of carbonyl (C=O) groups excluding carboxylic acids is 2. The van der Waals surface area contributed by atoms with E-state index in [2.05, 4.69) is 10.6 Å². The topological polar surface area (TPSA) is 102 Å². The monoisotopic (exact) mass is 390 g/mol. The van der Waals surface area contributed by atoms with Gasteiger partial charge in [0.2, 0.25) is 5.91 Å². The molecule has 1 aromatic rings. The Balaban J connectivity index is 0.00000312. The number of nitrogens with one attached hydrogen (secondary N) is 2. The van der Waals surface area contributed by atoms with Crippen LogP contribution in [0.1, 0.15) is 30.1 Å². The molecule has 1 aliphatic rings. The number of rotatable bonds is 8. The maximum absolute atomic E-state index is 11.9. The first-order valence-electron chi connectivity index (χ1n) is 7.82. The van der Waals surface area contributed by atoms with Gasteiger partial charge < -0.3 is 15.4 Å². The Morgan fingerprint density at radius 1 is 1.24 bits per heavy atom. The normalized spacial score (nSPS) is 13.7. The van der Waals surface area contributed by atoms with Gasteiger partial charge in [0.25, 0.3) is 0 Å². The highest BCUT2D eigenvalue weighted by molar-refractivity contribution is 7.90. The molecule has 1 aliphatic carbocycles. The van der Waals surface area contributed by atoms with E-state index in [0.717, 1.165) is 12.8 Å². The lowest BCUT2D eigenvalue weighted by atomic mass is 10.2. The van der Waals surface area contributed by atoms with Gasteiger partial charge in [-0.1, -0.05) is 0 Å². The highest BCUT2D eigenvalue weighted by atomic mass is 35.5. The predicted molar refractivity (Wildman–Crippen MR) is 97.0 cm³/mol. The van der Waals surface area contributed by atoms with Crippen LogP contribution in [0.2, 0.25) is 0 Å². The molecule has 0 saturated heterocycles. The van der Waals surface area contributed by atoms with Crippen LogP contribution in [0.4, 0.5) is 5.69 Å². The lowest BCUT2D eigenvalue weighted by Crippen LogP contribution is -2.29. The van der Waals surface area contributed by atoms with Crippen molar-refractivity contribution in [3.05, 3.63) is 23.8 Å². The molecule has 1 saturated carbocycles. The molecule has 1 aromatic carbocycles. The zero-order valence-electron chi connectivity index (χ0n) is 14.2. The van der Waals surface area contributed by atoms with Gasteiger partial charge in [0.1, 0.15) is 0 Å². The van der Waals surface area contributed by atoms with Crippen LogP contribution in [0, 0.1) is 5.92 Å². The third kappa shape index (κ3) is 7.01. The molecule has 2 rings (SSSR count). The van der Waals surface area contributed by atoms with E-state index in [9.17, 15) is 18.0 Å². The van der Waals surface area contributed by atoms with Crippen LogP contribution in [-0.2, 0) is 19.4 Å². The van der Waals surface area contributed by atoms with Crippen molar-refractivity contribution < 1.29 is 22.7 Å². The first-order chi connectivity index (χ1) is 11.3. The number of ether oxygens (including phenoxy) is 1. The summed E-state index contributed by atoms with van der Waals surface area (Å²) in [6, 6.07) is 3.98. The molecule has 1 fully saturated rings. The van der Waals surface area contributed by atoms with Gasteiger partial charge in [0.05, 0.1) is 23.6 Å². The number of esters is 1. The van der Waals surface area contributed by atoms with E-state index in [1.165, 1.54) is 31.0 Å². The third-order valence-electron chi connectivity index (χ3n) is 3.55. The number of hydrogen-bond acceptors (Lipinski definition) is 6. The average Bonchev–Trinajstić information content (AvgIpc) is 3.30. The van der Waals surface area contributed by atoms with Crippen molar-refractivity contribution in [1.82, 2.24) is 5.32 Å². The van der Waals surface area contributed by atoms with Crippen molar-refractivity contribution in [2.24, 2.45) is 5.92 Å². The molecule has 2 N–H and O–H groups in total. The second-order valence-corrected chi connectivity index (χ2v) is 7.88. The van der Waals surface area contributed by atoms with Gasteiger partial charge in [-0.3, -0.25) is 4.79 Å². The van der Waals surface area contributed by atoms with E-state index >= 15 is 0 Å². The quantitative estimate of drug-likeness (QED) is 0.654. The van der Waals surface area contributed by atoms with E-state index in [1.54, 1.807) is 6.92 Å². The summed E-state index contributed by atoms with van der Waals surface area (Å²) in [5.74, 6) is -0.275. The SMILES string of the molecule is CCOC(=O)c1cc(NC(=O)CNCC2CC2)cc(S(C)(=O)=O)c1.Cl. The average molecular weight is 391 g/mol. The van der Waals surface area contributed by atoms with Gasteiger partial charge in [0, 0.05) is 11.9 Å².